The summed E-state index contributed by atoms with van der Waals surface area (Å²) in [5.74, 6) is 3.31. The van der Waals surface area contributed by atoms with Crippen molar-refractivity contribution in [3.8, 4) is 0 Å². The third-order valence-electron chi connectivity index (χ3n) is 5.65. The average molecular weight is 421 g/mol. The minimum Gasteiger partial charge on any atom is -0.385 e. The molecule has 2 fully saturated rings. The normalized spacial score (nSPS) is 20.3. The summed E-state index contributed by atoms with van der Waals surface area (Å²) < 4.78 is 5.09. The lowest BCUT2D eigenvalue weighted by atomic mass is 10.0. The van der Waals surface area contributed by atoms with E-state index >= 15 is 0 Å². The van der Waals surface area contributed by atoms with Crippen molar-refractivity contribution in [3.63, 3.8) is 0 Å². The van der Waals surface area contributed by atoms with Crippen molar-refractivity contribution in [1.82, 2.24) is 15.3 Å². The maximum Gasteiger partial charge on any atom is 0.232 e. The molecule has 29 heavy (non-hydrogen) atoms. The molecule has 2 N–H and O–H groups in total. The van der Waals surface area contributed by atoms with E-state index in [1.54, 1.807) is 7.11 Å². The Morgan fingerprint density at radius 3 is 2.48 bits per heavy atom. The summed E-state index contributed by atoms with van der Waals surface area (Å²) in [6.45, 7) is 8.03. The lowest BCUT2D eigenvalue weighted by Crippen LogP contribution is -2.36. The molecule has 162 valence electrons. The third kappa shape index (κ3) is 6.96. The molecule has 3 heterocycles. The van der Waals surface area contributed by atoms with Crippen LogP contribution in [-0.4, -0.2) is 61.5 Å². The number of nitrogens with one attached hydrogen (secondary N) is 2. The lowest BCUT2D eigenvalue weighted by molar-refractivity contribution is 0.196. The molecule has 1 aromatic rings. The van der Waals surface area contributed by atoms with E-state index in [4.69, 9.17) is 26.9 Å². The molecule has 2 saturated heterocycles. The van der Waals surface area contributed by atoms with E-state index in [0.29, 0.717) is 23.6 Å². The second-order valence-electron chi connectivity index (χ2n) is 8.23. The van der Waals surface area contributed by atoms with Crippen molar-refractivity contribution in [2.45, 2.75) is 51.9 Å². The number of aromatic nitrogens is 2. The smallest absolute Gasteiger partial charge is 0.232 e. The molecule has 2 aliphatic rings. The molecule has 0 aromatic carbocycles. The first-order valence-corrected chi connectivity index (χ1v) is 11.5. The van der Waals surface area contributed by atoms with E-state index in [2.05, 4.69) is 33.4 Å². The predicted molar refractivity (Wildman–Crippen MR) is 124 cm³/mol. The number of rotatable bonds is 7. The highest BCUT2D eigenvalue weighted by Gasteiger charge is 2.21. The molecule has 0 aliphatic carbocycles. The molecule has 0 unspecified atom stereocenters. The topological polar surface area (TPSA) is 65.6 Å². The molecule has 0 amide bonds. The summed E-state index contributed by atoms with van der Waals surface area (Å²) >= 11 is 5.46. The van der Waals surface area contributed by atoms with Crippen molar-refractivity contribution in [2.24, 2.45) is 5.92 Å². The molecule has 1 aromatic heterocycles. The summed E-state index contributed by atoms with van der Waals surface area (Å²) in [4.78, 5) is 14.4. The van der Waals surface area contributed by atoms with Gasteiger partial charge in [-0.3, -0.25) is 0 Å². The number of hydrogen-bond acceptors (Lipinski definition) is 6. The first-order chi connectivity index (χ1) is 14.2. The summed E-state index contributed by atoms with van der Waals surface area (Å²) in [6.07, 6.45) is 8.47. The number of nitrogens with zero attached hydrogens (tertiary/aromatic N) is 4. The highest BCUT2D eigenvalue weighted by Crippen LogP contribution is 2.27. The zero-order valence-corrected chi connectivity index (χ0v) is 18.8. The van der Waals surface area contributed by atoms with Gasteiger partial charge in [-0.2, -0.15) is 9.97 Å². The molecular formula is C21H36N6OS. The molecule has 0 saturated carbocycles. The summed E-state index contributed by atoms with van der Waals surface area (Å²) in [6, 6.07) is 2.17. The van der Waals surface area contributed by atoms with Crippen LogP contribution in [0.15, 0.2) is 6.07 Å². The molecule has 0 spiro atoms. The van der Waals surface area contributed by atoms with Crippen molar-refractivity contribution in [3.05, 3.63) is 6.07 Å². The van der Waals surface area contributed by atoms with Crippen LogP contribution in [0.2, 0.25) is 0 Å². The first kappa shape index (κ1) is 22.0. The van der Waals surface area contributed by atoms with Crippen molar-refractivity contribution < 1.29 is 4.74 Å². The van der Waals surface area contributed by atoms with E-state index in [9.17, 15) is 0 Å². The summed E-state index contributed by atoms with van der Waals surface area (Å²) in [7, 11) is 1.71. The second-order valence-corrected chi connectivity index (χ2v) is 8.64. The maximum atomic E-state index is 5.46. The summed E-state index contributed by atoms with van der Waals surface area (Å²) in [5.41, 5.74) is 0. The van der Waals surface area contributed by atoms with E-state index in [-0.39, 0.29) is 0 Å². The number of piperidine rings is 1. The van der Waals surface area contributed by atoms with Crippen molar-refractivity contribution in [1.29, 1.82) is 0 Å². The van der Waals surface area contributed by atoms with Gasteiger partial charge in [-0.1, -0.05) is 19.8 Å². The number of thiocarbonyl (C=S) groups is 1. The zero-order chi connectivity index (χ0) is 20.5. The van der Waals surface area contributed by atoms with Crippen LogP contribution in [0.4, 0.5) is 17.6 Å². The van der Waals surface area contributed by atoms with E-state index < -0.39 is 0 Å². The molecular weight excluding hydrogens is 384 g/mol. The molecule has 2 aliphatic heterocycles. The molecule has 7 nitrogen and oxygen atoms in total. The van der Waals surface area contributed by atoms with Crippen LogP contribution >= 0.6 is 12.2 Å². The lowest BCUT2D eigenvalue weighted by Gasteiger charge is -2.33. The van der Waals surface area contributed by atoms with Gasteiger partial charge in [0.2, 0.25) is 5.95 Å². The SMILES string of the molecule is COCCCNC(=S)Nc1nc(N2CCCCCC2)cc(N2CCC[C@@H](C)C2)n1. The highest BCUT2D eigenvalue weighted by molar-refractivity contribution is 7.80. The van der Waals surface area contributed by atoms with Crippen molar-refractivity contribution in [2.75, 3.05) is 61.6 Å². The predicted octanol–water partition coefficient (Wildman–Crippen LogP) is 3.42. The number of methoxy groups -OCH3 is 1. The molecule has 1 atom stereocenters. The van der Waals surface area contributed by atoms with Gasteiger partial charge in [0.1, 0.15) is 11.6 Å². The third-order valence-corrected chi connectivity index (χ3v) is 5.89. The van der Waals surface area contributed by atoms with Crippen LogP contribution in [0.5, 0.6) is 0 Å². The standard InChI is InChI=1S/C21H36N6OS/c1-17-9-7-13-27(16-17)19-15-18(26-11-5-3-4-6-12-26)23-20(24-19)25-21(29)22-10-8-14-28-2/h15,17H,3-14,16H2,1-2H3,(H2,22,23,24,25,29)/t17-/m1/s1. The van der Waals surface area contributed by atoms with Crippen LogP contribution in [0.3, 0.4) is 0 Å². The minimum absolute atomic E-state index is 0.562. The van der Waals surface area contributed by atoms with Crippen LogP contribution in [0.25, 0.3) is 0 Å². The Balaban J connectivity index is 1.75. The zero-order valence-electron chi connectivity index (χ0n) is 18.0. The fourth-order valence-electron chi connectivity index (χ4n) is 4.06. The Morgan fingerprint density at radius 1 is 1.10 bits per heavy atom. The molecule has 0 radical (unpaired) electrons. The number of ether oxygens (including phenoxy) is 1. The Kier molecular flexibility index (Phi) is 8.73. The van der Waals surface area contributed by atoms with Gasteiger partial charge >= 0.3 is 0 Å². The van der Waals surface area contributed by atoms with Gasteiger partial charge in [0.25, 0.3) is 0 Å². The maximum absolute atomic E-state index is 5.46. The first-order valence-electron chi connectivity index (χ1n) is 11.1. The van der Waals surface area contributed by atoms with Gasteiger partial charge < -0.3 is 25.2 Å². The number of anilines is 3. The quantitative estimate of drug-likeness (QED) is 0.514. The largest absolute Gasteiger partial charge is 0.385 e. The molecule has 0 bridgehead atoms. The van der Waals surface area contributed by atoms with E-state index in [1.165, 1.54) is 38.5 Å². The second kappa shape index (κ2) is 11.5. The highest BCUT2D eigenvalue weighted by atomic mass is 32.1. The Bertz CT molecular complexity index is 630. The van der Waals surface area contributed by atoms with Crippen LogP contribution in [0, 0.1) is 5.92 Å². The molecule has 8 heteroatoms. The minimum atomic E-state index is 0.562. The van der Waals surface area contributed by atoms with Crippen molar-refractivity contribution >= 4 is 34.9 Å². The Morgan fingerprint density at radius 2 is 1.79 bits per heavy atom. The summed E-state index contributed by atoms with van der Waals surface area (Å²) in [5, 5.41) is 6.98. The van der Waals surface area contributed by atoms with Crippen LogP contribution < -0.4 is 20.4 Å². The van der Waals surface area contributed by atoms with Gasteiger partial charge in [-0.25, -0.2) is 0 Å². The fraction of sp³-hybridized carbons (Fsp3) is 0.762. The van der Waals surface area contributed by atoms with Gasteiger partial charge in [0.05, 0.1) is 0 Å². The average Bonchev–Trinajstić information content (AvgIpc) is 3.01. The Hall–Kier alpha value is -1.67. The van der Waals surface area contributed by atoms with Gasteiger partial charge in [0.15, 0.2) is 5.11 Å². The van der Waals surface area contributed by atoms with E-state index in [0.717, 1.165) is 50.8 Å². The van der Waals surface area contributed by atoms with Gasteiger partial charge in [-0.15, -0.1) is 0 Å². The van der Waals surface area contributed by atoms with E-state index in [1.807, 2.05) is 0 Å². The van der Waals surface area contributed by atoms with Crippen LogP contribution in [-0.2, 0) is 4.74 Å². The van der Waals surface area contributed by atoms with Gasteiger partial charge in [-0.05, 0) is 50.2 Å². The molecule has 3 rings (SSSR count). The monoisotopic (exact) mass is 420 g/mol. The fourth-order valence-corrected chi connectivity index (χ4v) is 4.26. The number of hydrogen-bond donors (Lipinski definition) is 2. The van der Waals surface area contributed by atoms with Gasteiger partial charge in [0, 0.05) is 52.5 Å². The van der Waals surface area contributed by atoms with Crippen LogP contribution in [0.1, 0.15) is 51.9 Å². The Labute approximate surface area is 180 Å².